The van der Waals surface area contributed by atoms with Gasteiger partial charge in [0, 0.05) is 32.8 Å². The maximum absolute atomic E-state index is 5.88. The summed E-state index contributed by atoms with van der Waals surface area (Å²) in [5.41, 5.74) is 9.82. The van der Waals surface area contributed by atoms with Crippen LogP contribution in [0.25, 0.3) is 0 Å². The van der Waals surface area contributed by atoms with Crippen molar-refractivity contribution in [2.24, 2.45) is 0 Å². The van der Waals surface area contributed by atoms with E-state index in [0.29, 0.717) is 0 Å². The molecule has 1 aromatic rings. The fraction of sp³-hybridized carbons (Fsp3) is 0.625. The van der Waals surface area contributed by atoms with Gasteiger partial charge in [0.05, 0.1) is 0 Å². The minimum atomic E-state index is 0. The third-order valence-corrected chi connectivity index (χ3v) is 4.38. The van der Waals surface area contributed by atoms with Gasteiger partial charge in [-0.2, -0.15) is 6.26 Å². The molecular weight excluding hydrogens is 436 g/mol. The molecule has 3 rings (SSSR count). The molecule has 1 atom stereocenters. The van der Waals surface area contributed by atoms with Crippen LogP contribution in [-0.4, -0.2) is 30.3 Å². The molecule has 2 aliphatic rings. The van der Waals surface area contributed by atoms with Gasteiger partial charge < -0.3 is 23.3 Å². The Morgan fingerprint density at radius 1 is 1.05 bits per heavy atom. The minimum Gasteiger partial charge on any atom is -0.796 e. The van der Waals surface area contributed by atoms with E-state index in [9.17, 15) is 0 Å². The van der Waals surface area contributed by atoms with Gasteiger partial charge in [-0.05, 0) is 74.9 Å². The van der Waals surface area contributed by atoms with Crippen molar-refractivity contribution >= 4 is 18.3 Å². The van der Waals surface area contributed by atoms with Crippen molar-refractivity contribution in [2.75, 3.05) is 25.1 Å². The minimum absolute atomic E-state index is 0. The second-order valence-electron chi connectivity index (χ2n) is 5.50. The van der Waals surface area contributed by atoms with Gasteiger partial charge in [-0.3, -0.25) is 0 Å². The first-order valence-corrected chi connectivity index (χ1v) is 8.17. The molecule has 0 saturated carbocycles. The second kappa shape index (κ2) is 9.12. The average molecular weight is 461 g/mol. The largest absolute Gasteiger partial charge is 0.796 e. The zero-order chi connectivity index (χ0) is 13.7. The Morgan fingerprint density at radius 2 is 1.65 bits per heavy atom. The van der Waals surface area contributed by atoms with Crippen molar-refractivity contribution in [1.29, 1.82) is 0 Å². The van der Waals surface area contributed by atoms with Gasteiger partial charge in [0.1, 0.15) is 0 Å². The molecule has 1 aliphatic heterocycles. The summed E-state index contributed by atoms with van der Waals surface area (Å²) in [7, 11) is 0. The van der Waals surface area contributed by atoms with Gasteiger partial charge in [-0.25, -0.2) is 0 Å². The molecule has 2 nitrogen and oxygen atoms in total. The summed E-state index contributed by atoms with van der Waals surface area (Å²) < 4.78 is 0. The van der Waals surface area contributed by atoms with Crippen molar-refractivity contribution in [3.05, 3.63) is 29.3 Å². The van der Waals surface area contributed by atoms with Crippen LogP contribution in [-0.2, 0) is 46.5 Å². The first-order chi connectivity index (χ1) is 9.33. The third-order valence-electron chi connectivity index (χ3n) is 4.38. The van der Waals surface area contributed by atoms with E-state index < -0.39 is 0 Å². The van der Waals surface area contributed by atoms with Crippen molar-refractivity contribution < 1.29 is 21.1 Å². The Kier molecular flexibility index (Phi) is 8.24. The number of nitrogens with zero attached hydrogens (tertiary/aromatic N) is 1. The molecule has 112 valence electrons. The number of anilines is 1. The Labute approximate surface area is 143 Å². The summed E-state index contributed by atoms with van der Waals surface area (Å²) in [5, 5.41) is 0. The Hall–Kier alpha value is 0.0183. The van der Waals surface area contributed by atoms with E-state index in [1.165, 1.54) is 62.7 Å². The number of fused-ring (bicyclic) bond motifs is 1. The van der Waals surface area contributed by atoms with E-state index >= 15 is 0 Å². The Morgan fingerprint density at radius 3 is 2.30 bits per heavy atom. The first-order valence-electron chi connectivity index (χ1n) is 7.35. The zero-order valence-electron chi connectivity index (χ0n) is 12.3. The maximum Gasteiger partial charge on any atom is 0.0316 e. The van der Waals surface area contributed by atoms with Crippen LogP contribution in [0.2, 0.25) is 0 Å². The number of nitrogen functional groups attached to an aromatic ring is 1. The first kappa shape index (κ1) is 18.1. The smallest absolute Gasteiger partial charge is 0.0316 e. The van der Waals surface area contributed by atoms with E-state index in [0.717, 1.165) is 11.7 Å². The maximum atomic E-state index is 5.88. The predicted octanol–water partition coefficient (Wildman–Crippen LogP) is 2.77. The number of hydrogen-bond acceptors (Lipinski definition) is 3. The standard InChI is InChI=1S/C15H22N2.CH4S.W/c16-14-6-3-12-4-7-15(8-5-13(12)11-14)17-9-1-2-10-17;1-2;/h3,6,11,15H,1-2,4-5,7-10,16H2;2H,1H3;/p-1. The molecular formula is C16H25N2SW-. The quantitative estimate of drug-likeness (QED) is 0.397. The third kappa shape index (κ3) is 4.51. The molecule has 0 aromatic heterocycles. The average Bonchev–Trinajstić information content (AvgIpc) is 2.89. The molecule has 1 fully saturated rings. The summed E-state index contributed by atoms with van der Waals surface area (Å²) in [4.78, 5) is 2.70. The monoisotopic (exact) mass is 461 g/mol. The SMILES string of the molecule is C[S-].Nc1ccc2c(c1)CCC(N1CCCC1)CC2.[W]. The molecule has 1 saturated heterocycles. The van der Waals surface area contributed by atoms with Crippen LogP contribution in [0.4, 0.5) is 5.69 Å². The van der Waals surface area contributed by atoms with Crippen molar-refractivity contribution in [3.63, 3.8) is 0 Å². The van der Waals surface area contributed by atoms with Gasteiger partial charge in [0.25, 0.3) is 0 Å². The normalized spacial score (nSPS) is 22.0. The van der Waals surface area contributed by atoms with Gasteiger partial charge >= 0.3 is 0 Å². The van der Waals surface area contributed by atoms with Gasteiger partial charge in [-0.15, -0.1) is 0 Å². The molecule has 0 amide bonds. The van der Waals surface area contributed by atoms with Crippen LogP contribution >= 0.6 is 0 Å². The number of benzene rings is 1. The summed E-state index contributed by atoms with van der Waals surface area (Å²) in [6.45, 7) is 2.65. The fourth-order valence-corrected chi connectivity index (χ4v) is 3.38. The fourth-order valence-electron chi connectivity index (χ4n) is 3.38. The van der Waals surface area contributed by atoms with E-state index in [1.54, 1.807) is 6.26 Å². The molecule has 2 N–H and O–H groups in total. The molecule has 0 bridgehead atoms. The molecule has 1 unspecified atom stereocenters. The van der Waals surface area contributed by atoms with Crippen molar-refractivity contribution in [1.82, 2.24) is 4.90 Å². The van der Waals surface area contributed by atoms with Crippen LogP contribution in [0.5, 0.6) is 0 Å². The van der Waals surface area contributed by atoms with Crippen LogP contribution in [0.15, 0.2) is 18.2 Å². The number of aryl methyl sites for hydroxylation is 2. The molecule has 1 aromatic carbocycles. The summed E-state index contributed by atoms with van der Waals surface area (Å²) in [6, 6.07) is 7.28. The summed E-state index contributed by atoms with van der Waals surface area (Å²) in [5.74, 6) is 0. The number of nitrogens with two attached hydrogens (primary N) is 1. The van der Waals surface area contributed by atoms with Crippen LogP contribution in [0, 0.1) is 0 Å². The molecule has 20 heavy (non-hydrogen) atoms. The van der Waals surface area contributed by atoms with Crippen LogP contribution in [0.3, 0.4) is 0 Å². The van der Waals surface area contributed by atoms with Gasteiger partial charge in [0.15, 0.2) is 0 Å². The van der Waals surface area contributed by atoms with E-state index in [1.807, 2.05) is 0 Å². The van der Waals surface area contributed by atoms with E-state index in [2.05, 4.69) is 35.7 Å². The molecule has 1 aliphatic carbocycles. The van der Waals surface area contributed by atoms with Gasteiger partial charge in [-0.1, -0.05) is 6.07 Å². The summed E-state index contributed by atoms with van der Waals surface area (Å²) in [6.07, 6.45) is 9.47. The molecule has 4 heteroatoms. The number of hydrogen-bond donors (Lipinski definition) is 1. The van der Waals surface area contributed by atoms with Crippen molar-refractivity contribution in [2.45, 2.75) is 44.6 Å². The molecule has 1 heterocycles. The van der Waals surface area contributed by atoms with E-state index in [4.69, 9.17) is 5.73 Å². The predicted molar refractivity (Wildman–Crippen MR) is 85.4 cm³/mol. The zero-order valence-corrected chi connectivity index (χ0v) is 16.1. The van der Waals surface area contributed by atoms with Crippen LogP contribution in [0.1, 0.15) is 36.8 Å². The Bertz CT molecular complexity index is 405. The molecule has 0 radical (unpaired) electrons. The second-order valence-corrected chi connectivity index (χ2v) is 5.50. The topological polar surface area (TPSA) is 29.3 Å². The van der Waals surface area contributed by atoms with Crippen LogP contribution < -0.4 is 5.73 Å². The number of likely N-dealkylation sites (tertiary alicyclic amines) is 1. The Balaban J connectivity index is 0.000000639. The van der Waals surface area contributed by atoms with E-state index in [-0.39, 0.29) is 21.1 Å². The van der Waals surface area contributed by atoms with Crippen molar-refractivity contribution in [3.8, 4) is 0 Å². The summed E-state index contributed by atoms with van der Waals surface area (Å²) >= 11 is 4.08. The van der Waals surface area contributed by atoms with Gasteiger partial charge in [0.2, 0.25) is 0 Å². The number of rotatable bonds is 1. The molecule has 0 spiro atoms.